The monoisotopic (exact) mass is 335 g/mol. The average Bonchev–Trinajstić information content (AvgIpc) is 3.25. The molecule has 1 aliphatic heterocycles. The third kappa shape index (κ3) is 3.51. The van der Waals surface area contributed by atoms with Crippen LogP contribution in [0.1, 0.15) is 41.5 Å². The number of piperidine rings is 1. The molecule has 3 heterocycles. The molecule has 1 saturated heterocycles. The van der Waals surface area contributed by atoms with E-state index in [4.69, 9.17) is 0 Å². The molecule has 1 aliphatic rings. The van der Waals surface area contributed by atoms with E-state index < -0.39 is 0 Å². The number of nitrogens with one attached hydrogen (secondary N) is 2. The second kappa shape index (κ2) is 6.84. The largest absolute Gasteiger partial charge is 0.345 e. The number of hydrogen-bond donors (Lipinski definition) is 2. The first kappa shape index (κ1) is 16.1. The summed E-state index contributed by atoms with van der Waals surface area (Å²) >= 11 is 0. The number of H-pyrrole nitrogens is 2. The quantitative estimate of drug-likeness (QED) is 0.762. The van der Waals surface area contributed by atoms with Gasteiger partial charge >= 0.3 is 0 Å². The molecule has 130 valence electrons. The van der Waals surface area contributed by atoms with Gasteiger partial charge in [-0.15, -0.1) is 0 Å². The molecule has 0 saturated carbocycles. The Hall–Kier alpha value is -2.40. The van der Waals surface area contributed by atoms with E-state index >= 15 is 0 Å². The fraction of sp³-hybridized carbons (Fsp3) is 0.400. The number of hydrogen-bond acceptors (Lipinski definition) is 3. The maximum absolute atomic E-state index is 4.45. The molecule has 25 heavy (non-hydrogen) atoms. The zero-order chi connectivity index (χ0) is 17.2. The van der Waals surface area contributed by atoms with Crippen LogP contribution in [0.15, 0.2) is 36.7 Å². The van der Waals surface area contributed by atoms with Gasteiger partial charge in [-0.2, -0.15) is 5.10 Å². The summed E-state index contributed by atoms with van der Waals surface area (Å²) in [6, 6.07) is 8.71. The van der Waals surface area contributed by atoms with Gasteiger partial charge in [-0.1, -0.05) is 29.8 Å². The third-order valence-electron chi connectivity index (χ3n) is 5.07. The van der Waals surface area contributed by atoms with E-state index in [1.807, 2.05) is 19.3 Å². The van der Waals surface area contributed by atoms with Crippen molar-refractivity contribution in [1.82, 2.24) is 25.1 Å². The molecule has 5 nitrogen and oxygen atoms in total. The smallest absolute Gasteiger partial charge is 0.120 e. The number of rotatable bonds is 4. The molecule has 2 aromatic heterocycles. The third-order valence-corrected chi connectivity index (χ3v) is 5.07. The molecule has 4 rings (SSSR count). The van der Waals surface area contributed by atoms with Gasteiger partial charge in [-0.3, -0.25) is 10.00 Å². The minimum atomic E-state index is 0.489. The zero-order valence-corrected chi connectivity index (χ0v) is 14.9. The summed E-state index contributed by atoms with van der Waals surface area (Å²) < 4.78 is 0. The molecule has 0 radical (unpaired) electrons. The standard InChI is InChI=1S/C20H25N5/c1-14-5-7-16(8-6-14)18-11-22-24-20(18)17-4-3-9-25(12-17)13-19-21-10-15(2)23-19/h5-8,10-11,17H,3-4,9,12-13H2,1-2H3,(H,21,23)(H,22,24)/t17-/m0/s1. The van der Waals surface area contributed by atoms with E-state index in [2.05, 4.69) is 56.3 Å². The molecule has 5 heteroatoms. The number of aryl methyl sites for hydroxylation is 2. The second-order valence-corrected chi connectivity index (χ2v) is 7.15. The van der Waals surface area contributed by atoms with Gasteiger partial charge < -0.3 is 4.98 Å². The Labute approximate surface area is 148 Å². The van der Waals surface area contributed by atoms with Crippen LogP contribution in [-0.2, 0) is 6.54 Å². The van der Waals surface area contributed by atoms with E-state index in [9.17, 15) is 0 Å². The number of benzene rings is 1. The van der Waals surface area contributed by atoms with Crippen LogP contribution in [-0.4, -0.2) is 38.2 Å². The molecular formula is C20H25N5. The molecule has 0 amide bonds. The lowest BCUT2D eigenvalue weighted by Gasteiger charge is -2.32. The van der Waals surface area contributed by atoms with Crippen LogP contribution in [0.3, 0.4) is 0 Å². The van der Waals surface area contributed by atoms with Crippen LogP contribution in [0, 0.1) is 13.8 Å². The lowest BCUT2D eigenvalue weighted by atomic mass is 9.90. The highest BCUT2D eigenvalue weighted by Crippen LogP contribution is 2.33. The molecule has 1 aromatic carbocycles. The summed E-state index contributed by atoms with van der Waals surface area (Å²) in [5, 5.41) is 7.62. The van der Waals surface area contributed by atoms with Gasteiger partial charge in [0.05, 0.1) is 12.7 Å². The van der Waals surface area contributed by atoms with Crippen molar-refractivity contribution in [3.63, 3.8) is 0 Å². The SMILES string of the molecule is Cc1ccc(-c2cn[nH]c2[C@H]2CCCN(Cc3ncc(C)[nH]3)C2)cc1. The van der Waals surface area contributed by atoms with Gasteiger partial charge in [0.2, 0.25) is 0 Å². The Bertz CT molecular complexity index is 830. The van der Waals surface area contributed by atoms with Crippen LogP contribution in [0.4, 0.5) is 0 Å². The highest BCUT2D eigenvalue weighted by atomic mass is 15.2. The first-order valence-corrected chi connectivity index (χ1v) is 9.02. The van der Waals surface area contributed by atoms with Crippen molar-refractivity contribution in [3.8, 4) is 11.1 Å². The van der Waals surface area contributed by atoms with E-state index in [-0.39, 0.29) is 0 Å². The summed E-state index contributed by atoms with van der Waals surface area (Å²) in [7, 11) is 0. The van der Waals surface area contributed by atoms with Crippen LogP contribution >= 0.6 is 0 Å². The normalized spacial score (nSPS) is 18.6. The van der Waals surface area contributed by atoms with E-state index in [1.165, 1.54) is 35.2 Å². The molecular weight excluding hydrogens is 310 g/mol. The topological polar surface area (TPSA) is 60.6 Å². The molecule has 0 bridgehead atoms. The highest BCUT2D eigenvalue weighted by Gasteiger charge is 2.25. The summed E-state index contributed by atoms with van der Waals surface area (Å²) in [6.07, 6.45) is 6.28. The number of nitrogens with zero attached hydrogens (tertiary/aromatic N) is 3. The Morgan fingerprint density at radius 1 is 1.16 bits per heavy atom. The van der Waals surface area contributed by atoms with Gasteiger partial charge in [0.25, 0.3) is 0 Å². The number of likely N-dealkylation sites (tertiary alicyclic amines) is 1. The van der Waals surface area contributed by atoms with E-state index in [1.54, 1.807) is 0 Å². The Morgan fingerprint density at radius 3 is 2.76 bits per heavy atom. The maximum atomic E-state index is 4.45. The summed E-state index contributed by atoms with van der Waals surface area (Å²) in [4.78, 5) is 10.3. The van der Waals surface area contributed by atoms with Gasteiger partial charge in [0.15, 0.2) is 0 Å². The fourth-order valence-electron chi connectivity index (χ4n) is 3.76. The first-order valence-electron chi connectivity index (χ1n) is 9.02. The van der Waals surface area contributed by atoms with Crippen molar-refractivity contribution in [2.75, 3.05) is 13.1 Å². The van der Waals surface area contributed by atoms with Gasteiger partial charge in [0, 0.05) is 35.6 Å². The minimum absolute atomic E-state index is 0.489. The minimum Gasteiger partial charge on any atom is -0.345 e. The second-order valence-electron chi connectivity index (χ2n) is 7.15. The predicted molar refractivity (Wildman–Crippen MR) is 99.3 cm³/mol. The van der Waals surface area contributed by atoms with E-state index in [0.717, 1.165) is 31.2 Å². The summed E-state index contributed by atoms with van der Waals surface area (Å²) in [5.41, 5.74) is 6.16. The van der Waals surface area contributed by atoms with Crippen molar-refractivity contribution in [1.29, 1.82) is 0 Å². The number of imidazole rings is 1. The van der Waals surface area contributed by atoms with E-state index in [0.29, 0.717) is 5.92 Å². The van der Waals surface area contributed by atoms with Crippen LogP contribution in [0.2, 0.25) is 0 Å². The van der Waals surface area contributed by atoms with Gasteiger partial charge in [-0.25, -0.2) is 4.98 Å². The van der Waals surface area contributed by atoms with Gasteiger partial charge in [-0.05, 0) is 38.8 Å². The Kier molecular flexibility index (Phi) is 4.40. The van der Waals surface area contributed by atoms with Crippen molar-refractivity contribution in [3.05, 3.63) is 59.4 Å². The molecule has 3 aromatic rings. The van der Waals surface area contributed by atoms with Crippen molar-refractivity contribution >= 4 is 0 Å². The highest BCUT2D eigenvalue weighted by molar-refractivity contribution is 5.66. The predicted octanol–water partition coefficient (Wildman–Crippen LogP) is 3.80. The van der Waals surface area contributed by atoms with Crippen molar-refractivity contribution < 1.29 is 0 Å². The lowest BCUT2D eigenvalue weighted by Crippen LogP contribution is -2.34. The maximum Gasteiger partial charge on any atom is 0.120 e. The Morgan fingerprint density at radius 2 is 2.00 bits per heavy atom. The average molecular weight is 335 g/mol. The van der Waals surface area contributed by atoms with Crippen molar-refractivity contribution in [2.45, 2.75) is 39.2 Å². The first-order chi connectivity index (χ1) is 12.2. The van der Waals surface area contributed by atoms with Crippen LogP contribution in [0.5, 0.6) is 0 Å². The molecule has 2 N–H and O–H groups in total. The zero-order valence-electron chi connectivity index (χ0n) is 14.9. The Balaban J connectivity index is 1.52. The fourth-order valence-corrected chi connectivity index (χ4v) is 3.76. The summed E-state index contributed by atoms with van der Waals surface area (Å²) in [5.74, 6) is 1.55. The molecule has 0 aliphatic carbocycles. The van der Waals surface area contributed by atoms with Crippen LogP contribution < -0.4 is 0 Å². The molecule has 1 atom stereocenters. The van der Waals surface area contributed by atoms with Gasteiger partial charge in [0.1, 0.15) is 5.82 Å². The van der Waals surface area contributed by atoms with Crippen molar-refractivity contribution in [2.24, 2.45) is 0 Å². The number of aromatic nitrogens is 4. The molecule has 0 unspecified atom stereocenters. The van der Waals surface area contributed by atoms with Crippen LogP contribution in [0.25, 0.3) is 11.1 Å². The number of aromatic amines is 2. The summed E-state index contributed by atoms with van der Waals surface area (Å²) in [6.45, 7) is 7.23. The molecule has 1 fully saturated rings. The molecule has 0 spiro atoms. The lowest BCUT2D eigenvalue weighted by molar-refractivity contribution is 0.195.